The highest BCUT2D eigenvalue weighted by Gasteiger charge is 2.37. The maximum Gasteiger partial charge on any atom is 0.573 e. The second-order valence-corrected chi connectivity index (χ2v) is 5.49. The Bertz CT molecular complexity index is 514. The number of ketones is 1. The molecule has 0 spiro atoms. The average molecular weight is 397 g/mol. The maximum atomic E-state index is 12.4. The van der Waals surface area contributed by atoms with E-state index in [1.807, 2.05) is 0 Å². The summed E-state index contributed by atoms with van der Waals surface area (Å²) in [6.45, 7) is 0. The standard InChI is InChI=1S/C11H7BrF6O2S/c12-5-4-7(19)6-2-1-3-8(21-11(16,17)18)9(6)20-10(13,14)15/h1-3H,4-5H2. The molecular weight excluding hydrogens is 390 g/mol. The van der Waals surface area contributed by atoms with Crippen molar-refractivity contribution >= 4 is 33.5 Å². The number of halogens is 7. The average Bonchev–Trinajstić information content (AvgIpc) is 2.28. The highest BCUT2D eigenvalue weighted by atomic mass is 79.9. The molecule has 0 aliphatic carbocycles. The van der Waals surface area contributed by atoms with E-state index in [1.165, 1.54) is 0 Å². The largest absolute Gasteiger partial charge is 0.573 e. The lowest BCUT2D eigenvalue weighted by Crippen LogP contribution is -2.20. The van der Waals surface area contributed by atoms with Gasteiger partial charge in [-0.1, -0.05) is 22.0 Å². The van der Waals surface area contributed by atoms with Gasteiger partial charge in [-0.15, -0.1) is 13.2 Å². The van der Waals surface area contributed by atoms with Crippen LogP contribution in [0.5, 0.6) is 5.75 Å². The van der Waals surface area contributed by atoms with E-state index in [0.717, 1.165) is 18.2 Å². The van der Waals surface area contributed by atoms with E-state index in [-0.39, 0.29) is 11.8 Å². The number of carbonyl (C=O) groups excluding carboxylic acids is 1. The summed E-state index contributed by atoms with van der Waals surface area (Å²) in [5, 5.41) is 0.161. The molecule has 0 saturated heterocycles. The van der Waals surface area contributed by atoms with Crippen LogP contribution in [0.3, 0.4) is 0 Å². The summed E-state index contributed by atoms with van der Waals surface area (Å²) >= 11 is 2.16. The van der Waals surface area contributed by atoms with Gasteiger partial charge in [0.1, 0.15) is 0 Å². The fourth-order valence-corrected chi connectivity index (χ4v) is 2.38. The zero-order valence-corrected chi connectivity index (χ0v) is 12.4. The fourth-order valence-electron chi connectivity index (χ4n) is 1.38. The van der Waals surface area contributed by atoms with Crippen molar-refractivity contribution in [2.75, 3.05) is 5.33 Å². The SMILES string of the molecule is O=C(CCBr)c1cccc(SC(F)(F)F)c1OC(F)(F)F. The van der Waals surface area contributed by atoms with Crippen LogP contribution in [0.25, 0.3) is 0 Å². The molecule has 0 aliphatic rings. The molecule has 0 N–H and O–H groups in total. The van der Waals surface area contributed by atoms with E-state index in [9.17, 15) is 31.1 Å². The quantitative estimate of drug-likeness (QED) is 0.297. The van der Waals surface area contributed by atoms with Crippen molar-refractivity contribution in [2.24, 2.45) is 0 Å². The van der Waals surface area contributed by atoms with Gasteiger partial charge in [-0.2, -0.15) is 13.2 Å². The number of para-hydroxylation sites is 1. The third kappa shape index (κ3) is 6.16. The highest BCUT2D eigenvalue weighted by Crippen LogP contribution is 2.44. The Morgan fingerprint density at radius 3 is 2.29 bits per heavy atom. The molecule has 1 rings (SSSR count). The smallest absolute Gasteiger partial charge is 0.404 e. The van der Waals surface area contributed by atoms with E-state index < -0.39 is 45.6 Å². The highest BCUT2D eigenvalue weighted by molar-refractivity contribution is 9.09. The second-order valence-electron chi connectivity index (χ2n) is 3.59. The molecule has 118 valence electrons. The first-order chi connectivity index (χ1) is 9.53. The normalized spacial score (nSPS) is 12.3. The van der Waals surface area contributed by atoms with Gasteiger partial charge in [-0.05, 0) is 23.9 Å². The topological polar surface area (TPSA) is 26.3 Å². The number of rotatable bonds is 5. The van der Waals surface area contributed by atoms with Gasteiger partial charge in [-0.25, -0.2) is 0 Å². The minimum Gasteiger partial charge on any atom is -0.404 e. The van der Waals surface area contributed by atoms with Gasteiger partial charge in [0.15, 0.2) is 11.5 Å². The summed E-state index contributed by atoms with van der Waals surface area (Å²) in [6, 6.07) is 2.87. The second kappa shape index (κ2) is 6.91. The number of hydrogen-bond acceptors (Lipinski definition) is 3. The third-order valence-electron chi connectivity index (χ3n) is 2.04. The van der Waals surface area contributed by atoms with Gasteiger partial charge < -0.3 is 4.74 Å². The van der Waals surface area contributed by atoms with Crippen LogP contribution in [-0.4, -0.2) is 23.0 Å². The Balaban J connectivity index is 3.30. The van der Waals surface area contributed by atoms with Gasteiger partial charge in [0.25, 0.3) is 0 Å². The van der Waals surface area contributed by atoms with E-state index in [1.54, 1.807) is 0 Å². The number of carbonyl (C=O) groups is 1. The number of ether oxygens (including phenoxy) is 1. The van der Waals surface area contributed by atoms with Crippen LogP contribution in [0.2, 0.25) is 0 Å². The Morgan fingerprint density at radius 1 is 1.19 bits per heavy atom. The number of thioether (sulfide) groups is 1. The molecule has 0 atom stereocenters. The predicted molar refractivity (Wildman–Crippen MR) is 67.8 cm³/mol. The Kier molecular flexibility index (Phi) is 5.97. The number of Topliss-reactive ketones (excluding diaryl/α,β-unsaturated/α-hetero) is 1. The van der Waals surface area contributed by atoms with Crippen LogP contribution < -0.4 is 4.74 Å². The van der Waals surface area contributed by atoms with E-state index in [0.29, 0.717) is 0 Å². The predicted octanol–water partition coefficient (Wildman–Crippen LogP) is 5.16. The molecule has 0 aromatic heterocycles. The van der Waals surface area contributed by atoms with Gasteiger partial charge in [0, 0.05) is 11.8 Å². The summed E-state index contributed by atoms with van der Waals surface area (Å²) in [6.07, 6.45) is -5.37. The van der Waals surface area contributed by atoms with Gasteiger partial charge in [0.05, 0.1) is 10.5 Å². The molecule has 2 nitrogen and oxygen atoms in total. The van der Waals surface area contributed by atoms with Crippen molar-refractivity contribution < 1.29 is 35.9 Å². The summed E-state index contributed by atoms with van der Waals surface area (Å²) in [7, 11) is 0. The molecule has 1 aromatic rings. The van der Waals surface area contributed by atoms with E-state index in [2.05, 4.69) is 20.7 Å². The molecule has 0 aliphatic heterocycles. The number of hydrogen-bond donors (Lipinski definition) is 0. The van der Waals surface area contributed by atoms with Crippen LogP contribution in [-0.2, 0) is 0 Å². The number of benzene rings is 1. The molecule has 1 aromatic carbocycles. The van der Waals surface area contributed by atoms with Crippen molar-refractivity contribution in [3.05, 3.63) is 23.8 Å². The molecule has 0 radical (unpaired) electrons. The van der Waals surface area contributed by atoms with Gasteiger partial charge in [-0.3, -0.25) is 4.79 Å². The molecular formula is C11H7BrF6O2S. The summed E-state index contributed by atoms with van der Waals surface area (Å²) in [5.41, 5.74) is -5.35. The zero-order chi connectivity index (χ0) is 16.3. The summed E-state index contributed by atoms with van der Waals surface area (Å²) < 4.78 is 77.8. The van der Waals surface area contributed by atoms with Gasteiger partial charge >= 0.3 is 11.9 Å². The minimum atomic E-state index is -5.20. The lowest BCUT2D eigenvalue weighted by Gasteiger charge is -2.17. The van der Waals surface area contributed by atoms with Crippen LogP contribution >= 0.6 is 27.7 Å². The molecule has 0 saturated carbocycles. The van der Waals surface area contributed by atoms with E-state index >= 15 is 0 Å². The molecule has 21 heavy (non-hydrogen) atoms. The first-order valence-corrected chi connectivity index (χ1v) is 7.21. The minimum absolute atomic E-state index is 0.161. The van der Waals surface area contributed by atoms with Gasteiger partial charge in [0.2, 0.25) is 0 Å². The fraction of sp³-hybridized carbons (Fsp3) is 0.364. The zero-order valence-electron chi connectivity index (χ0n) is 10.0. The lowest BCUT2D eigenvalue weighted by atomic mass is 10.1. The van der Waals surface area contributed by atoms with Crippen LogP contribution in [0, 0.1) is 0 Å². The Hall–Kier alpha value is -0.900. The van der Waals surface area contributed by atoms with Crippen LogP contribution in [0.15, 0.2) is 23.1 Å². The summed E-state index contributed by atoms with van der Waals surface area (Å²) in [5.74, 6) is -1.88. The van der Waals surface area contributed by atoms with Crippen LogP contribution in [0.4, 0.5) is 26.3 Å². The Morgan fingerprint density at radius 2 is 1.81 bits per heavy atom. The first kappa shape index (κ1) is 18.1. The number of alkyl halides is 7. The Labute approximate surface area is 128 Å². The molecule has 0 bridgehead atoms. The first-order valence-electron chi connectivity index (χ1n) is 5.27. The maximum absolute atomic E-state index is 12.4. The van der Waals surface area contributed by atoms with E-state index in [4.69, 9.17) is 0 Å². The lowest BCUT2D eigenvalue weighted by molar-refractivity contribution is -0.275. The van der Waals surface area contributed by atoms with Crippen molar-refractivity contribution in [3.63, 3.8) is 0 Å². The molecule has 10 heteroatoms. The van der Waals surface area contributed by atoms with Crippen molar-refractivity contribution in [1.82, 2.24) is 0 Å². The van der Waals surface area contributed by atoms with Crippen molar-refractivity contribution in [2.45, 2.75) is 23.2 Å². The molecule has 0 heterocycles. The van der Waals surface area contributed by atoms with Crippen LogP contribution in [0.1, 0.15) is 16.8 Å². The summed E-state index contributed by atoms with van der Waals surface area (Å²) in [4.78, 5) is 10.9. The molecule has 0 fully saturated rings. The van der Waals surface area contributed by atoms with Crippen molar-refractivity contribution in [1.29, 1.82) is 0 Å². The monoisotopic (exact) mass is 396 g/mol. The van der Waals surface area contributed by atoms with Crippen molar-refractivity contribution in [3.8, 4) is 5.75 Å². The molecule has 0 unspecified atom stereocenters. The molecule has 0 amide bonds. The third-order valence-corrected chi connectivity index (χ3v) is 3.21.